The van der Waals surface area contributed by atoms with Crippen molar-refractivity contribution in [3.8, 4) is 11.8 Å². The van der Waals surface area contributed by atoms with E-state index in [4.69, 9.17) is 11.5 Å². The zero-order valence-corrected chi connectivity index (χ0v) is 17.6. The summed E-state index contributed by atoms with van der Waals surface area (Å²) in [4.78, 5) is 19.4. The third-order valence-corrected chi connectivity index (χ3v) is 4.23. The van der Waals surface area contributed by atoms with E-state index in [1.54, 1.807) is 6.08 Å². The van der Waals surface area contributed by atoms with E-state index in [0.717, 1.165) is 49.9 Å². The standard InChI is InChI=1S/C23H34N4O/c1-5-13-27(14-6-2)23(28)20-15-18(4)21(26-22(25)17-20)16-19(7-3)11-9-8-10-12-24/h7,15-16H,3,5-6,8,10,12-14,17,24H2,1-2,4H3,(H2,25,26)/b19-16+. The van der Waals surface area contributed by atoms with E-state index in [9.17, 15) is 4.79 Å². The van der Waals surface area contributed by atoms with Crippen LogP contribution in [0.2, 0.25) is 0 Å². The number of carbonyl (C=O) groups excluding carboxylic acids is 1. The van der Waals surface area contributed by atoms with Gasteiger partial charge in [0.15, 0.2) is 0 Å². The molecule has 5 nitrogen and oxygen atoms in total. The molecule has 28 heavy (non-hydrogen) atoms. The van der Waals surface area contributed by atoms with Crippen molar-refractivity contribution in [3.63, 3.8) is 0 Å². The highest BCUT2D eigenvalue weighted by atomic mass is 16.2. The van der Waals surface area contributed by atoms with Gasteiger partial charge in [0, 0.05) is 37.1 Å². The predicted octanol–water partition coefficient (Wildman–Crippen LogP) is 3.45. The molecule has 4 N–H and O–H groups in total. The third kappa shape index (κ3) is 7.58. The zero-order chi connectivity index (χ0) is 20.9. The monoisotopic (exact) mass is 382 g/mol. The molecule has 0 bridgehead atoms. The Morgan fingerprint density at radius 3 is 2.61 bits per heavy atom. The fourth-order valence-corrected chi connectivity index (χ4v) is 2.85. The minimum absolute atomic E-state index is 0.0388. The molecule has 0 aliphatic carbocycles. The lowest BCUT2D eigenvalue weighted by Gasteiger charge is -2.22. The third-order valence-electron chi connectivity index (χ3n) is 4.23. The molecule has 0 aromatic rings. The van der Waals surface area contributed by atoms with Crippen molar-refractivity contribution < 1.29 is 4.79 Å². The summed E-state index contributed by atoms with van der Waals surface area (Å²) < 4.78 is 0. The molecule has 0 atom stereocenters. The summed E-state index contributed by atoms with van der Waals surface area (Å²) in [6.07, 6.45) is 9.28. The van der Waals surface area contributed by atoms with E-state index in [0.29, 0.717) is 30.1 Å². The predicted molar refractivity (Wildman–Crippen MR) is 119 cm³/mol. The summed E-state index contributed by atoms with van der Waals surface area (Å²) in [5.41, 5.74) is 14.7. The van der Waals surface area contributed by atoms with Crippen LogP contribution in [-0.4, -0.2) is 36.3 Å². The number of amides is 1. The van der Waals surface area contributed by atoms with Gasteiger partial charge in [-0.15, -0.1) is 0 Å². The van der Waals surface area contributed by atoms with Crippen LogP contribution in [0.3, 0.4) is 0 Å². The summed E-state index contributed by atoms with van der Waals surface area (Å²) in [6.45, 7) is 12.0. The molecule has 1 heterocycles. The van der Waals surface area contributed by atoms with Gasteiger partial charge in [-0.25, -0.2) is 4.99 Å². The number of allylic oxidation sites excluding steroid dienone is 5. The second-order valence-electron chi connectivity index (χ2n) is 6.81. The number of carbonyl (C=O) groups is 1. The highest BCUT2D eigenvalue weighted by molar-refractivity contribution is 6.00. The smallest absolute Gasteiger partial charge is 0.250 e. The van der Waals surface area contributed by atoms with Gasteiger partial charge in [0.2, 0.25) is 5.91 Å². The minimum Gasteiger partial charge on any atom is -0.387 e. The zero-order valence-electron chi connectivity index (χ0n) is 17.6. The van der Waals surface area contributed by atoms with Gasteiger partial charge in [0.1, 0.15) is 5.84 Å². The Bertz CT molecular complexity index is 738. The van der Waals surface area contributed by atoms with Crippen molar-refractivity contribution in [2.45, 2.75) is 52.9 Å². The summed E-state index contributed by atoms with van der Waals surface area (Å²) in [5, 5.41) is 0. The van der Waals surface area contributed by atoms with Gasteiger partial charge in [-0.2, -0.15) is 0 Å². The quantitative estimate of drug-likeness (QED) is 0.364. The molecule has 1 aliphatic rings. The van der Waals surface area contributed by atoms with Gasteiger partial charge in [-0.3, -0.25) is 4.79 Å². The summed E-state index contributed by atoms with van der Waals surface area (Å²) in [5.74, 6) is 6.65. The Hall–Kier alpha value is -2.58. The first-order chi connectivity index (χ1) is 13.5. The van der Waals surface area contributed by atoms with E-state index in [2.05, 4.69) is 37.3 Å². The Labute approximate surface area is 169 Å². The number of aliphatic imine (C=N–C) groups is 1. The number of hydrogen-bond donors (Lipinski definition) is 2. The molecule has 1 amide bonds. The summed E-state index contributed by atoms with van der Waals surface area (Å²) in [6, 6.07) is 0. The highest BCUT2D eigenvalue weighted by Gasteiger charge is 2.20. The first kappa shape index (κ1) is 23.5. The number of amidine groups is 1. The van der Waals surface area contributed by atoms with Crippen LogP contribution in [0, 0.1) is 11.8 Å². The second-order valence-corrected chi connectivity index (χ2v) is 6.81. The summed E-state index contributed by atoms with van der Waals surface area (Å²) >= 11 is 0. The first-order valence-corrected chi connectivity index (χ1v) is 10.0. The Morgan fingerprint density at radius 2 is 2.04 bits per heavy atom. The van der Waals surface area contributed by atoms with E-state index >= 15 is 0 Å². The van der Waals surface area contributed by atoms with E-state index in [-0.39, 0.29) is 5.91 Å². The van der Waals surface area contributed by atoms with Gasteiger partial charge in [-0.1, -0.05) is 38.3 Å². The van der Waals surface area contributed by atoms with E-state index < -0.39 is 0 Å². The normalized spacial score (nSPS) is 14.5. The van der Waals surface area contributed by atoms with Gasteiger partial charge < -0.3 is 16.4 Å². The SMILES string of the molecule is C=C/C(C#CCCCN)=C\C1=C(C)C=C(C(=O)N(CCC)CCC)CC(N)=N1. The molecule has 0 aromatic carbocycles. The highest BCUT2D eigenvalue weighted by Crippen LogP contribution is 2.21. The first-order valence-electron chi connectivity index (χ1n) is 10.0. The maximum Gasteiger partial charge on any atom is 0.250 e. The fourth-order valence-electron chi connectivity index (χ4n) is 2.85. The Balaban J connectivity index is 3.20. The molecule has 0 spiro atoms. The molecule has 0 saturated heterocycles. The topological polar surface area (TPSA) is 84.7 Å². The average Bonchev–Trinajstić information content (AvgIpc) is 2.81. The lowest BCUT2D eigenvalue weighted by Crippen LogP contribution is -2.34. The maximum absolute atomic E-state index is 13.0. The molecule has 0 aromatic heterocycles. The van der Waals surface area contributed by atoms with Gasteiger partial charge in [0.05, 0.1) is 5.70 Å². The van der Waals surface area contributed by atoms with Crippen LogP contribution in [0.5, 0.6) is 0 Å². The van der Waals surface area contributed by atoms with Crippen molar-refractivity contribution >= 4 is 11.7 Å². The molecular weight excluding hydrogens is 348 g/mol. The fraction of sp³-hybridized carbons (Fsp3) is 0.478. The van der Waals surface area contributed by atoms with Crippen LogP contribution in [0.25, 0.3) is 0 Å². The van der Waals surface area contributed by atoms with Crippen molar-refractivity contribution in [1.82, 2.24) is 4.90 Å². The number of nitrogens with two attached hydrogens (primary N) is 2. The number of rotatable bonds is 9. The minimum atomic E-state index is 0.0388. The Kier molecular flexibility index (Phi) is 10.7. The van der Waals surface area contributed by atoms with Crippen molar-refractivity contribution in [1.29, 1.82) is 0 Å². The largest absolute Gasteiger partial charge is 0.387 e. The molecular formula is C23H34N4O. The van der Waals surface area contributed by atoms with Crippen LogP contribution >= 0.6 is 0 Å². The number of hydrogen-bond acceptors (Lipinski definition) is 4. The number of unbranched alkanes of at least 4 members (excludes halogenated alkanes) is 1. The lowest BCUT2D eigenvalue weighted by molar-refractivity contribution is -0.127. The molecule has 5 heteroatoms. The van der Waals surface area contributed by atoms with E-state index in [1.165, 1.54) is 0 Å². The molecule has 152 valence electrons. The van der Waals surface area contributed by atoms with Crippen LogP contribution in [0.1, 0.15) is 52.9 Å². The lowest BCUT2D eigenvalue weighted by atomic mass is 10.1. The van der Waals surface area contributed by atoms with Crippen molar-refractivity contribution in [2.24, 2.45) is 16.5 Å². The maximum atomic E-state index is 13.0. The van der Waals surface area contributed by atoms with Gasteiger partial charge in [-0.05, 0) is 50.5 Å². The average molecular weight is 383 g/mol. The molecule has 0 fully saturated rings. The van der Waals surface area contributed by atoms with E-state index in [1.807, 2.05) is 24.0 Å². The molecule has 0 unspecified atom stereocenters. The van der Waals surface area contributed by atoms with Crippen molar-refractivity contribution in [2.75, 3.05) is 19.6 Å². The van der Waals surface area contributed by atoms with Crippen LogP contribution < -0.4 is 11.5 Å². The van der Waals surface area contributed by atoms with Crippen LogP contribution in [0.15, 0.2) is 52.2 Å². The molecule has 0 radical (unpaired) electrons. The Morgan fingerprint density at radius 1 is 1.36 bits per heavy atom. The number of nitrogens with zero attached hydrogens (tertiary/aromatic N) is 2. The molecule has 1 aliphatic heterocycles. The summed E-state index contributed by atoms with van der Waals surface area (Å²) in [7, 11) is 0. The van der Waals surface area contributed by atoms with Gasteiger partial charge >= 0.3 is 0 Å². The van der Waals surface area contributed by atoms with Crippen molar-refractivity contribution in [3.05, 3.63) is 47.2 Å². The molecule has 0 saturated carbocycles. The second kappa shape index (κ2) is 12.7. The van der Waals surface area contributed by atoms with Crippen LogP contribution in [-0.2, 0) is 4.79 Å². The van der Waals surface area contributed by atoms with Crippen LogP contribution in [0.4, 0.5) is 0 Å². The molecule has 1 rings (SSSR count). The van der Waals surface area contributed by atoms with Gasteiger partial charge in [0.25, 0.3) is 0 Å².